The second-order valence-corrected chi connectivity index (χ2v) is 5.57. The van der Waals surface area contributed by atoms with E-state index in [9.17, 15) is 10.1 Å². The van der Waals surface area contributed by atoms with Gasteiger partial charge in [-0.1, -0.05) is 19.8 Å². The summed E-state index contributed by atoms with van der Waals surface area (Å²) in [4.78, 5) is 14.8. The molecule has 1 fully saturated rings. The van der Waals surface area contributed by atoms with Gasteiger partial charge in [-0.2, -0.15) is 0 Å². The van der Waals surface area contributed by atoms with E-state index in [0.29, 0.717) is 17.4 Å². The van der Waals surface area contributed by atoms with E-state index in [0.717, 1.165) is 18.8 Å². The van der Waals surface area contributed by atoms with Crippen LogP contribution < -0.4 is 5.32 Å². The van der Waals surface area contributed by atoms with Crippen molar-refractivity contribution in [2.45, 2.75) is 52.0 Å². The van der Waals surface area contributed by atoms with Crippen LogP contribution in [0.1, 0.15) is 44.6 Å². The maximum Gasteiger partial charge on any atom is 0.277 e. The summed E-state index contributed by atoms with van der Waals surface area (Å²) < 4.78 is 0. The molecule has 1 aromatic rings. The van der Waals surface area contributed by atoms with Gasteiger partial charge in [0.1, 0.15) is 5.82 Å². The van der Waals surface area contributed by atoms with Gasteiger partial charge in [-0.3, -0.25) is 10.1 Å². The summed E-state index contributed by atoms with van der Waals surface area (Å²) >= 11 is 0. The largest absolute Gasteiger partial charge is 0.367 e. The first-order valence-corrected chi connectivity index (χ1v) is 6.94. The molecule has 1 aliphatic rings. The number of nitrogens with one attached hydrogen (secondary N) is 1. The molecule has 0 saturated heterocycles. The highest BCUT2D eigenvalue weighted by Gasteiger charge is 2.18. The van der Waals surface area contributed by atoms with Crippen molar-refractivity contribution in [2.75, 3.05) is 5.32 Å². The number of nitrogens with zero attached hydrogens (tertiary/aromatic N) is 2. The van der Waals surface area contributed by atoms with E-state index >= 15 is 0 Å². The second kappa shape index (κ2) is 5.99. The average molecular weight is 263 g/mol. The number of hydrogen-bond donors (Lipinski definition) is 1. The Morgan fingerprint density at radius 3 is 2.89 bits per heavy atom. The van der Waals surface area contributed by atoms with Crippen LogP contribution in [0.3, 0.4) is 0 Å². The van der Waals surface area contributed by atoms with E-state index in [4.69, 9.17) is 0 Å². The predicted octanol–water partition coefficient (Wildman–Crippen LogP) is 3.68. The number of anilines is 1. The SMILES string of the molecule is Cc1cnc(NC2CCCC(C)CC2)cc1[N+](=O)[O-]. The van der Waals surface area contributed by atoms with Gasteiger partial charge in [0.05, 0.1) is 11.0 Å². The third-order valence-electron chi connectivity index (χ3n) is 3.88. The topological polar surface area (TPSA) is 68.1 Å². The van der Waals surface area contributed by atoms with Crippen LogP contribution in [-0.2, 0) is 0 Å². The highest BCUT2D eigenvalue weighted by atomic mass is 16.6. The highest BCUT2D eigenvalue weighted by molar-refractivity contribution is 5.49. The maximum absolute atomic E-state index is 10.9. The van der Waals surface area contributed by atoms with Crippen LogP contribution in [0.2, 0.25) is 0 Å². The van der Waals surface area contributed by atoms with Gasteiger partial charge in [0.25, 0.3) is 5.69 Å². The van der Waals surface area contributed by atoms with Crippen molar-refractivity contribution in [2.24, 2.45) is 5.92 Å². The van der Waals surface area contributed by atoms with E-state index in [-0.39, 0.29) is 10.6 Å². The molecule has 1 saturated carbocycles. The molecule has 19 heavy (non-hydrogen) atoms. The molecular weight excluding hydrogens is 242 g/mol. The van der Waals surface area contributed by atoms with Crippen molar-refractivity contribution < 1.29 is 4.92 Å². The molecule has 1 aromatic heterocycles. The summed E-state index contributed by atoms with van der Waals surface area (Å²) in [5, 5.41) is 14.3. The summed E-state index contributed by atoms with van der Waals surface area (Å²) in [6.07, 6.45) is 7.51. The van der Waals surface area contributed by atoms with Crippen molar-refractivity contribution in [3.63, 3.8) is 0 Å². The normalized spacial score (nSPS) is 23.7. The van der Waals surface area contributed by atoms with Crippen molar-refractivity contribution >= 4 is 11.5 Å². The number of aryl methyl sites for hydroxylation is 1. The van der Waals surface area contributed by atoms with Crippen molar-refractivity contribution in [3.05, 3.63) is 27.9 Å². The van der Waals surface area contributed by atoms with Gasteiger partial charge < -0.3 is 5.32 Å². The highest BCUT2D eigenvalue weighted by Crippen LogP contribution is 2.26. The first-order valence-electron chi connectivity index (χ1n) is 6.94. The van der Waals surface area contributed by atoms with Crippen LogP contribution in [0, 0.1) is 23.0 Å². The molecule has 0 bridgehead atoms. The minimum absolute atomic E-state index is 0.138. The van der Waals surface area contributed by atoms with Crippen LogP contribution in [0.5, 0.6) is 0 Å². The van der Waals surface area contributed by atoms with Gasteiger partial charge in [-0.05, 0) is 32.1 Å². The zero-order valence-corrected chi connectivity index (χ0v) is 11.6. The van der Waals surface area contributed by atoms with Crippen LogP contribution in [0.15, 0.2) is 12.3 Å². The quantitative estimate of drug-likeness (QED) is 0.513. The molecule has 1 aliphatic carbocycles. The van der Waals surface area contributed by atoms with Crippen LogP contribution in [-0.4, -0.2) is 15.9 Å². The summed E-state index contributed by atoms with van der Waals surface area (Å²) in [7, 11) is 0. The lowest BCUT2D eigenvalue weighted by Crippen LogP contribution is -2.19. The number of nitro groups is 1. The lowest BCUT2D eigenvalue weighted by molar-refractivity contribution is -0.385. The maximum atomic E-state index is 10.9. The summed E-state index contributed by atoms with van der Waals surface area (Å²) in [6.45, 7) is 4.00. The molecule has 2 unspecified atom stereocenters. The van der Waals surface area contributed by atoms with Crippen molar-refractivity contribution in [3.8, 4) is 0 Å². The molecule has 0 amide bonds. The lowest BCUT2D eigenvalue weighted by atomic mass is 10.0. The van der Waals surface area contributed by atoms with Gasteiger partial charge in [0, 0.05) is 17.8 Å². The van der Waals surface area contributed by atoms with Crippen LogP contribution in [0.4, 0.5) is 11.5 Å². The zero-order chi connectivity index (χ0) is 13.8. The second-order valence-electron chi connectivity index (χ2n) is 5.57. The molecule has 5 nitrogen and oxygen atoms in total. The molecule has 104 valence electrons. The number of aromatic nitrogens is 1. The van der Waals surface area contributed by atoms with E-state index in [2.05, 4.69) is 17.2 Å². The van der Waals surface area contributed by atoms with Gasteiger partial charge in [-0.15, -0.1) is 0 Å². The average Bonchev–Trinajstić information content (AvgIpc) is 2.56. The molecule has 2 atom stereocenters. The molecule has 0 aromatic carbocycles. The Balaban J connectivity index is 2.06. The summed E-state index contributed by atoms with van der Waals surface area (Å²) in [5.41, 5.74) is 0.740. The summed E-state index contributed by atoms with van der Waals surface area (Å²) in [6, 6.07) is 1.93. The Hall–Kier alpha value is -1.65. The van der Waals surface area contributed by atoms with Crippen molar-refractivity contribution in [1.29, 1.82) is 0 Å². The molecule has 0 spiro atoms. The van der Waals surface area contributed by atoms with E-state index in [1.807, 2.05) is 0 Å². The Bertz CT molecular complexity index is 462. The molecule has 2 rings (SSSR count). The minimum Gasteiger partial charge on any atom is -0.367 e. The molecule has 0 radical (unpaired) electrons. The number of pyridine rings is 1. The molecule has 0 aliphatic heterocycles. The van der Waals surface area contributed by atoms with Gasteiger partial charge >= 0.3 is 0 Å². The third kappa shape index (κ3) is 3.66. The Labute approximate surface area is 113 Å². The van der Waals surface area contributed by atoms with Gasteiger partial charge in [0.15, 0.2) is 0 Å². The number of rotatable bonds is 3. The smallest absolute Gasteiger partial charge is 0.277 e. The van der Waals surface area contributed by atoms with E-state index < -0.39 is 0 Å². The molecular formula is C14H21N3O2. The van der Waals surface area contributed by atoms with Crippen LogP contribution in [0.25, 0.3) is 0 Å². The zero-order valence-electron chi connectivity index (χ0n) is 11.6. The van der Waals surface area contributed by atoms with Crippen LogP contribution >= 0.6 is 0 Å². The van der Waals surface area contributed by atoms with Gasteiger partial charge in [-0.25, -0.2) is 4.98 Å². The fraction of sp³-hybridized carbons (Fsp3) is 0.643. The lowest BCUT2D eigenvalue weighted by Gasteiger charge is -2.17. The Kier molecular flexibility index (Phi) is 4.35. The number of hydrogen-bond acceptors (Lipinski definition) is 4. The van der Waals surface area contributed by atoms with Gasteiger partial charge in [0.2, 0.25) is 0 Å². The van der Waals surface area contributed by atoms with E-state index in [1.54, 1.807) is 19.2 Å². The molecule has 1 heterocycles. The monoisotopic (exact) mass is 263 g/mol. The fourth-order valence-corrected chi connectivity index (χ4v) is 2.63. The minimum atomic E-state index is -0.350. The molecule has 1 N–H and O–H groups in total. The van der Waals surface area contributed by atoms with E-state index in [1.165, 1.54) is 19.3 Å². The first-order chi connectivity index (χ1) is 9.06. The summed E-state index contributed by atoms with van der Waals surface area (Å²) in [5.74, 6) is 1.41. The first kappa shape index (κ1) is 13.8. The Morgan fingerprint density at radius 2 is 2.16 bits per heavy atom. The fourth-order valence-electron chi connectivity index (χ4n) is 2.63. The Morgan fingerprint density at radius 1 is 1.37 bits per heavy atom. The van der Waals surface area contributed by atoms with Crippen molar-refractivity contribution in [1.82, 2.24) is 4.98 Å². The standard InChI is InChI=1S/C14H21N3O2/c1-10-4-3-5-12(7-6-10)16-14-8-13(17(18)19)11(2)9-15-14/h8-10,12H,3-7H2,1-2H3,(H,15,16). The predicted molar refractivity (Wildman–Crippen MR) is 75.3 cm³/mol. The molecule has 5 heteroatoms. The third-order valence-corrected chi connectivity index (χ3v) is 3.88.